The summed E-state index contributed by atoms with van der Waals surface area (Å²) in [7, 11) is 0. The van der Waals surface area contributed by atoms with Crippen LogP contribution in [0.3, 0.4) is 0 Å². The van der Waals surface area contributed by atoms with Crippen molar-refractivity contribution in [1.29, 1.82) is 0 Å². The average molecular weight is 394 g/mol. The summed E-state index contributed by atoms with van der Waals surface area (Å²) in [6, 6.07) is 13.2. The molecule has 0 aliphatic carbocycles. The minimum atomic E-state index is -0.412. The molecule has 3 atom stereocenters. The number of aromatic nitrogens is 1. The van der Waals surface area contributed by atoms with Crippen LogP contribution in [0.25, 0.3) is 0 Å². The molecule has 152 valence electrons. The quantitative estimate of drug-likeness (QED) is 0.832. The molecule has 0 unspecified atom stereocenters. The number of amides is 2. The molecule has 0 spiro atoms. The van der Waals surface area contributed by atoms with Gasteiger partial charge in [0.2, 0.25) is 0 Å². The molecule has 2 saturated heterocycles. The maximum Gasteiger partial charge on any atom is 0.312 e. The Morgan fingerprint density at radius 2 is 1.93 bits per heavy atom. The normalized spacial score (nSPS) is 28.1. The standard InChI is InChI=1S/C22H26N4O3/c23-22(27)25-16-10-17-7-8-18(11-16)26(17)12-14-3-5-15(6-4-14)20-13-28-19-2-1-9-24-21(19)29-20/h1-6,9,16-18,20H,7-8,10-13H2,(H3,23,25,27)/t17-,18-,20+/m0/s1. The number of primary amides is 1. The Morgan fingerprint density at radius 3 is 2.66 bits per heavy atom. The molecule has 3 aliphatic heterocycles. The lowest BCUT2D eigenvalue weighted by Crippen LogP contribution is -2.51. The highest BCUT2D eigenvalue weighted by Crippen LogP contribution is 2.37. The first kappa shape index (κ1) is 18.2. The fourth-order valence-electron chi connectivity index (χ4n) is 4.97. The molecule has 2 fully saturated rings. The Kier molecular flexibility index (Phi) is 4.75. The smallest absolute Gasteiger partial charge is 0.312 e. The van der Waals surface area contributed by atoms with Crippen molar-refractivity contribution in [3.8, 4) is 11.6 Å². The molecule has 7 nitrogen and oxygen atoms in total. The number of carbonyl (C=O) groups is 1. The Balaban J connectivity index is 1.22. The number of carbonyl (C=O) groups excluding carboxylic acids is 1. The fourth-order valence-corrected chi connectivity index (χ4v) is 4.97. The highest BCUT2D eigenvalue weighted by molar-refractivity contribution is 5.72. The van der Waals surface area contributed by atoms with Gasteiger partial charge in [-0.1, -0.05) is 24.3 Å². The van der Waals surface area contributed by atoms with Gasteiger partial charge in [-0.15, -0.1) is 0 Å². The van der Waals surface area contributed by atoms with Gasteiger partial charge in [-0.3, -0.25) is 4.90 Å². The van der Waals surface area contributed by atoms with Crippen LogP contribution in [0, 0.1) is 0 Å². The maximum absolute atomic E-state index is 11.2. The van der Waals surface area contributed by atoms with Crippen LogP contribution in [0.2, 0.25) is 0 Å². The molecule has 0 radical (unpaired) electrons. The molecule has 7 heteroatoms. The van der Waals surface area contributed by atoms with Crippen molar-refractivity contribution in [1.82, 2.24) is 15.2 Å². The number of benzene rings is 1. The predicted molar refractivity (Wildman–Crippen MR) is 108 cm³/mol. The van der Waals surface area contributed by atoms with E-state index in [1.54, 1.807) is 6.20 Å². The molecular formula is C22H26N4O3. The number of pyridine rings is 1. The van der Waals surface area contributed by atoms with E-state index in [2.05, 4.69) is 39.5 Å². The van der Waals surface area contributed by atoms with Gasteiger partial charge in [0.25, 0.3) is 5.88 Å². The van der Waals surface area contributed by atoms with Crippen molar-refractivity contribution >= 4 is 6.03 Å². The number of ether oxygens (including phenoxy) is 2. The van der Waals surface area contributed by atoms with E-state index in [0.717, 1.165) is 24.9 Å². The molecule has 3 N–H and O–H groups in total. The van der Waals surface area contributed by atoms with Crippen molar-refractivity contribution in [3.05, 3.63) is 53.7 Å². The zero-order valence-electron chi connectivity index (χ0n) is 16.3. The second-order valence-electron chi connectivity index (χ2n) is 8.20. The average Bonchev–Trinajstić information content (AvgIpc) is 2.95. The van der Waals surface area contributed by atoms with Crippen molar-refractivity contribution in [2.75, 3.05) is 6.61 Å². The summed E-state index contributed by atoms with van der Waals surface area (Å²) in [5.74, 6) is 1.25. The van der Waals surface area contributed by atoms with Crippen LogP contribution < -0.4 is 20.5 Å². The van der Waals surface area contributed by atoms with Gasteiger partial charge in [0, 0.05) is 30.9 Å². The number of fused-ring (bicyclic) bond motifs is 3. The Bertz CT molecular complexity index is 874. The van der Waals surface area contributed by atoms with Crippen molar-refractivity contribution in [2.45, 2.75) is 56.5 Å². The molecule has 5 rings (SSSR count). The molecule has 4 heterocycles. The van der Waals surface area contributed by atoms with Crippen molar-refractivity contribution in [2.24, 2.45) is 5.73 Å². The number of nitrogens with zero attached hydrogens (tertiary/aromatic N) is 2. The van der Waals surface area contributed by atoms with Crippen LogP contribution >= 0.6 is 0 Å². The van der Waals surface area contributed by atoms with Crippen LogP contribution in [0.1, 0.15) is 42.9 Å². The van der Waals surface area contributed by atoms with E-state index >= 15 is 0 Å². The van der Waals surface area contributed by atoms with E-state index in [1.807, 2.05) is 12.1 Å². The summed E-state index contributed by atoms with van der Waals surface area (Å²) in [4.78, 5) is 18.0. The molecular weight excluding hydrogens is 368 g/mol. The maximum atomic E-state index is 11.2. The number of rotatable bonds is 4. The summed E-state index contributed by atoms with van der Waals surface area (Å²) in [6.07, 6.45) is 5.93. The summed E-state index contributed by atoms with van der Waals surface area (Å²) >= 11 is 0. The molecule has 2 amide bonds. The number of nitrogens with one attached hydrogen (secondary N) is 1. The number of urea groups is 1. The van der Waals surface area contributed by atoms with Crippen molar-refractivity contribution in [3.63, 3.8) is 0 Å². The van der Waals surface area contributed by atoms with E-state index in [4.69, 9.17) is 15.2 Å². The minimum absolute atomic E-state index is 0.141. The highest BCUT2D eigenvalue weighted by Gasteiger charge is 2.40. The van der Waals surface area contributed by atoms with E-state index in [-0.39, 0.29) is 12.1 Å². The summed E-state index contributed by atoms with van der Waals surface area (Å²) in [5, 5.41) is 2.90. The van der Waals surface area contributed by atoms with Gasteiger partial charge >= 0.3 is 6.03 Å². The van der Waals surface area contributed by atoms with Crippen LogP contribution in [-0.2, 0) is 6.54 Å². The largest absolute Gasteiger partial charge is 0.484 e. The van der Waals surface area contributed by atoms with E-state index in [0.29, 0.717) is 30.3 Å². The summed E-state index contributed by atoms with van der Waals surface area (Å²) in [6.45, 7) is 1.42. The Morgan fingerprint density at radius 1 is 1.17 bits per heavy atom. The SMILES string of the molecule is NC(=O)NC1C[C@@H]2CC[C@@H](C1)N2Cc1ccc([C@H]2COc3cccnc3O2)cc1. The minimum Gasteiger partial charge on any atom is -0.484 e. The molecule has 2 aromatic rings. The second kappa shape index (κ2) is 7.55. The van der Waals surface area contributed by atoms with E-state index in [9.17, 15) is 4.79 Å². The van der Waals surface area contributed by atoms with Crippen LogP contribution in [0.5, 0.6) is 11.6 Å². The van der Waals surface area contributed by atoms with Gasteiger partial charge in [-0.25, -0.2) is 9.78 Å². The number of nitrogens with two attached hydrogens (primary N) is 1. The van der Waals surface area contributed by atoms with Crippen LogP contribution in [-0.4, -0.2) is 40.6 Å². The molecule has 1 aromatic carbocycles. The van der Waals surface area contributed by atoms with Crippen molar-refractivity contribution < 1.29 is 14.3 Å². The first-order chi connectivity index (χ1) is 14.2. The molecule has 2 bridgehead atoms. The topological polar surface area (TPSA) is 89.7 Å². The lowest BCUT2D eigenvalue weighted by atomic mass is 9.96. The summed E-state index contributed by atoms with van der Waals surface area (Å²) < 4.78 is 11.8. The lowest BCUT2D eigenvalue weighted by Gasteiger charge is -2.39. The third kappa shape index (κ3) is 3.74. The second-order valence-corrected chi connectivity index (χ2v) is 8.20. The number of hydrogen-bond acceptors (Lipinski definition) is 5. The van der Waals surface area contributed by atoms with Gasteiger partial charge in [0.1, 0.15) is 6.61 Å². The molecule has 0 saturated carbocycles. The Hall–Kier alpha value is -2.80. The third-order valence-electron chi connectivity index (χ3n) is 6.33. The number of hydrogen-bond donors (Lipinski definition) is 2. The van der Waals surface area contributed by atoms with Gasteiger partial charge in [0.15, 0.2) is 11.9 Å². The fraction of sp³-hybridized carbons (Fsp3) is 0.455. The molecule has 3 aliphatic rings. The third-order valence-corrected chi connectivity index (χ3v) is 6.33. The van der Waals surface area contributed by atoms with Gasteiger partial charge in [-0.2, -0.15) is 0 Å². The first-order valence-electron chi connectivity index (χ1n) is 10.3. The lowest BCUT2D eigenvalue weighted by molar-refractivity contribution is 0.0850. The predicted octanol–water partition coefficient (Wildman–Crippen LogP) is 2.76. The van der Waals surface area contributed by atoms with Crippen LogP contribution in [0.4, 0.5) is 4.79 Å². The van der Waals surface area contributed by atoms with Crippen LogP contribution in [0.15, 0.2) is 42.6 Å². The summed E-state index contributed by atoms with van der Waals surface area (Å²) in [5.41, 5.74) is 7.70. The molecule has 1 aromatic heterocycles. The number of piperidine rings is 1. The van der Waals surface area contributed by atoms with Gasteiger partial charge < -0.3 is 20.5 Å². The Labute approximate surface area is 170 Å². The van der Waals surface area contributed by atoms with Gasteiger partial charge in [0.05, 0.1) is 0 Å². The molecule has 29 heavy (non-hydrogen) atoms. The highest BCUT2D eigenvalue weighted by atomic mass is 16.6. The van der Waals surface area contributed by atoms with E-state index < -0.39 is 6.03 Å². The monoisotopic (exact) mass is 394 g/mol. The first-order valence-corrected chi connectivity index (χ1v) is 10.3. The van der Waals surface area contributed by atoms with E-state index in [1.165, 1.54) is 18.4 Å². The zero-order valence-corrected chi connectivity index (χ0v) is 16.3. The van der Waals surface area contributed by atoms with Gasteiger partial charge in [-0.05, 0) is 48.9 Å². The zero-order chi connectivity index (χ0) is 19.8.